The second kappa shape index (κ2) is 10.1. The van der Waals surface area contributed by atoms with Gasteiger partial charge in [-0.1, -0.05) is 41.0 Å². The van der Waals surface area contributed by atoms with Gasteiger partial charge in [-0.3, -0.25) is 0 Å². The number of hydrogen-bond acceptors (Lipinski definition) is 6. The summed E-state index contributed by atoms with van der Waals surface area (Å²) < 4.78 is 34.5. The Morgan fingerprint density at radius 1 is 1.10 bits per heavy atom. The van der Waals surface area contributed by atoms with Crippen molar-refractivity contribution in [1.29, 1.82) is 0 Å². The number of ether oxygens (including phenoxy) is 1. The Balaban J connectivity index is 1.89. The average molecular weight is 433 g/mol. The number of rotatable bonds is 9. The van der Waals surface area contributed by atoms with Crippen LogP contribution in [0.4, 0.5) is 20.3 Å². The quantitative estimate of drug-likeness (QED) is 0.355. The number of nitrogens with one attached hydrogen (secondary N) is 2. The summed E-state index contributed by atoms with van der Waals surface area (Å²) in [5.74, 6) is -1.02. The van der Waals surface area contributed by atoms with Crippen molar-refractivity contribution in [2.24, 2.45) is 5.18 Å². The molecular formula is C21H19ClF2N4O2. The fourth-order valence-corrected chi connectivity index (χ4v) is 3.17. The van der Waals surface area contributed by atoms with E-state index in [0.717, 1.165) is 0 Å². The van der Waals surface area contributed by atoms with E-state index in [-0.39, 0.29) is 35.2 Å². The zero-order valence-electron chi connectivity index (χ0n) is 16.1. The molecule has 2 N–H and O–H groups in total. The van der Waals surface area contributed by atoms with E-state index in [1.165, 1.54) is 25.4 Å². The Labute approximate surface area is 177 Å². The summed E-state index contributed by atoms with van der Waals surface area (Å²) in [6, 6.07) is 11.3. The third kappa shape index (κ3) is 4.72. The van der Waals surface area contributed by atoms with Gasteiger partial charge in [0.05, 0.1) is 24.4 Å². The van der Waals surface area contributed by atoms with E-state index in [2.05, 4.69) is 20.8 Å². The molecule has 0 aliphatic carbocycles. The molecule has 0 atom stereocenters. The first-order valence-corrected chi connectivity index (χ1v) is 9.46. The molecule has 2 aromatic carbocycles. The monoisotopic (exact) mass is 432 g/mol. The Morgan fingerprint density at radius 3 is 2.63 bits per heavy atom. The minimum Gasteiger partial charge on any atom is -0.494 e. The molecule has 1 heterocycles. The molecule has 30 heavy (non-hydrogen) atoms. The summed E-state index contributed by atoms with van der Waals surface area (Å²) in [7, 11) is 1.38. The fraction of sp³-hybridized carbons (Fsp3) is 0.190. The molecule has 0 aliphatic rings. The minimum absolute atomic E-state index is 0.0204. The normalized spacial score (nSPS) is 10.7. The van der Waals surface area contributed by atoms with Gasteiger partial charge in [-0.2, -0.15) is 4.91 Å². The minimum atomic E-state index is -0.557. The summed E-state index contributed by atoms with van der Waals surface area (Å²) in [6.45, 7) is 0.649. The van der Waals surface area contributed by atoms with Crippen LogP contribution in [0.3, 0.4) is 0 Å². The third-order valence-electron chi connectivity index (χ3n) is 4.39. The number of benzene rings is 2. The first-order valence-electron chi connectivity index (χ1n) is 9.08. The SMILES string of the molecule is COc1cccc(-c2cccc(Nc3nccc(CNCCN=O)c3F)c2Cl)c1F. The van der Waals surface area contributed by atoms with E-state index < -0.39 is 11.6 Å². The lowest BCUT2D eigenvalue weighted by Gasteiger charge is -2.14. The number of hydrogen-bond donors (Lipinski definition) is 2. The van der Waals surface area contributed by atoms with Gasteiger partial charge in [-0.15, -0.1) is 0 Å². The molecule has 0 amide bonds. The molecule has 0 aliphatic heterocycles. The molecule has 0 fully saturated rings. The van der Waals surface area contributed by atoms with Gasteiger partial charge < -0.3 is 15.4 Å². The van der Waals surface area contributed by atoms with Gasteiger partial charge in [0.15, 0.2) is 23.2 Å². The predicted molar refractivity (Wildman–Crippen MR) is 113 cm³/mol. The van der Waals surface area contributed by atoms with Gasteiger partial charge in [0, 0.05) is 36.0 Å². The third-order valence-corrected chi connectivity index (χ3v) is 4.80. The summed E-state index contributed by atoms with van der Waals surface area (Å²) in [6.07, 6.45) is 1.46. The first kappa shape index (κ1) is 21.6. The molecule has 0 saturated heterocycles. The number of anilines is 2. The maximum atomic E-state index is 14.8. The lowest BCUT2D eigenvalue weighted by molar-refractivity contribution is 0.387. The Hall–Kier alpha value is -3.10. The maximum Gasteiger partial charge on any atom is 0.172 e. The number of halogens is 3. The maximum absolute atomic E-state index is 14.8. The summed E-state index contributed by atoms with van der Waals surface area (Å²) in [5.41, 5.74) is 1.43. The molecule has 9 heteroatoms. The summed E-state index contributed by atoms with van der Waals surface area (Å²) >= 11 is 6.50. The number of pyridine rings is 1. The summed E-state index contributed by atoms with van der Waals surface area (Å²) in [4.78, 5) is 14.2. The van der Waals surface area contributed by atoms with Crippen molar-refractivity contribution in [3.8, 4) is 16.9 Å². The van der Waals surface area contributed by atoms with Crippen molar-refractivity contribution < 1.29 is 13.5 Å². The molecule has 0 radical (unpaired) electrons. The highest BCUT2D eigenvalue weighted by atomic mass is 35.5. The molecule has 156 valence electrons. The molecule has 0 spiro atoms. The van der Waals surface area contributed by atoms with E-state index in [0.29, 0.717) is 23.4 Å². The van der Waals surface area contributed by atoms with Gasteiger partial charge in [-0.05, 0) is 18.2 Å². The van der Waals surface area contributed by atoms with Gasteiger partial charge in [-0.25, -0.2) is 13.8 Å². The Kier molecular flexibility index (Phi) is 7.26. The van der Waals surface area contributed by atoms with Crippen molar-refractivity contribution in [3.05, 3.63) is 75.8 Å². The highest BCUT2D eigenvalue weighted by molar-refractivity contribution is 6.36. The number of nitroso groups, excluding NO2 is 1. The second-order valence-corrected chi connectivity index (χ2v) is 6.65. The van der Waals surface area contributed by atoms with Crippen molar-refractivity contribution >= 4 is 23.1 Å². The molecule has 0 unspecified atom stereocenters. The Morgan fingerprint density at radius 2 is 1.87 bits per heavy atom. The van der Waals surface area contributed by atoms with Crippen molar-refractivity contribution in [3.63, 3.8) is 0 Å². The van der Waals surface area contributed by atoms with Gasteiger partial charge in [0.1, 0.15) is 0 Å². The highest BCUT2D eigenvalue weighted by Crippen LogP contribution is 2.38. The van der Waals surface area contributed by atoms with Gasteiger partial charge in [0.25, 0.3) is 0 Å². The van der Waals surface area contributed by atoms with Crippen molar-refractivity contribution in [2.75, 3.05) is 25.5 Å². The van der Waals surface area contributed by atoms with Crippen LogP contribution in [-0.4, -0.2) is 25.2 Å². The molecule has 6 nitrogen and oxygen atoms in total. The molecule has 0 bridgehead atoms. The van der Waals surface area contributed by atoms with Crippen molar-refractivity contribution in [2.45, 2.75) is 6.54 Å². The summed E-state index contributed by atoms with van der Waals surface area (Å²) in [5, 5.41) is 8.75. The Bertz CT molecular complexity index is 1050. The van der Waals surface area contributed by atoms with Crippen LogP contribution in [0.2, 0.25) is 5.02 Å². The van der Waals surface area contributed by atoms with E-state index in [1.807, 2.05) is 0 Å². The van der Waals surface area contributed by atoms with Crippen LogP contribution in [0.25, 0.3) is 11.1 Å². The van der Waals surface area contributed by atoms with Crippen molar-refractivity contribution in [1.82, 2.24) is 10.3 Å². The molecular weight excluding hydrogens is 414 g/mol. The van der Waals surface area contributed by atoms with Crippen LogP contribution in [0.5, 0.6) is 5.75 Å². The zero-order valence-corrected chi connectivity index (χ0v) is 16.8. The second-order valence-electron chi connectivity index (χ2n) is 6.28. The highest BCUT2D eigenvalue weighted by Gasteiger charge is 2.17. The van der Waals surface area contributed by atoms with E-state index in [4.69, 9.17) is 16.3 Å². The first-order chi connectivity index (χ1) is 14.6. The number of nitrogens with zero attached hydrogens (tertiary/aromatic N) is 2. The molecule has 3 rings (SSSR count). The van der Waals surface area contributed by atoms with Crippen LogP contribution in [0, 0.1) is 16.5 Å². The van der Waals surface area contributed by atoms with Crippen LogP contribution < -0.4 is 15.4 Å². The molecule has 0 saturated carbocycles. The smallest absolute Gasteiger partial charge is 0.172 e. The topological polar surface area (TPSA) is 75.6 Å². The standard InChI is InChI=1S/C21H19ClF2N4O2/c1-30-17-7-3-5-15(20(17)24)14-4-2-6-16(18(14)22)28-21-19(23)13(8-9-26-21)12-25-10-11-27-29/h2-9,25H,10-12H2,1H3,(H,26,28). The van der Waals surface area contributed by atoms with E-state index in [9.17, 15) is 13.7 Å². The lowest BCUT2D eigenvalue weighted by Crippen LogP contribution is -2.18. The van der Waals surface area contributed by atoms with Gasteiger partial charge >= 0.3 is 0 Å². The van der Waals surface area contributed by atoms with Crippen LogP contribution in [0.15, 0.2) is 53.8 Å². The lowest BCUT2D eigenvalue weighted by atomic mass is 10.0. The number of aromatic nitrogens is 1. The van der Waals surface area contributed by atoms with Crippen LogP contribution in [0.1, 0.15) is 5.56 Å². The zero-order chi connectivity index (χ0) is 21.5. The fourth-order valence-electron chi connectivity index (χ4n) is 2.90. The van der Waals surface area contributed by atoms with Crippen LogP contribution in [-0.2, 0) is 6.54 Å². The molecule has 1 aromatic heterocycles. The van der Waals surface area contributed by atoms with E-state index in [1.54, 1.807) is 30.3 Å². The predicted octanol–water partition coefficient (Wildman–Crippen LogP) is 5.29. The van der Waals surface area contributed by atoms with E-state index >= 15 is 0 Å². The molecule has 3 aromatic rings. The number of methoxy groups -OCH3 is 1. The average Bonchev–Trinajstić information content (AvgIpc) is 2.75. The van der Waals surface area contributed by atoms with Gasteiger partial charge in [0.2, 0.25) is 0 Å². The van der Waals surface area contributed by atoms with Crippen LogP contribution >= 0.6 is 11.6 Å². The largest absolute Gasteiger partial charge is 0.494 e.